The average Bonchev–Trinajstić information content (AvgIpc) is 2.26. The standard InChI is InChI=1S/C16H30/c1-8-12-15(11-4)16(7,13(5)6)14(9-2)10-3/h2,13-15H,8,10-12H2,1,3-7H3. The topological polar surface area (TPSA) is 0 Å². The van der Waals surface area contributed by atoms with Crippen molar-refractivity contribution in [2.75, 3.05) is 0 Å². The van der Waals surface area contributed by atoms with Crippen LogP contribution in [0.4, 0.5) is 0 Å². The van der Waals surface area contributed by atoms with E-state index in [1.165, 1.54) is 19.3 Å². The van der Waals surface area contributed by atoms with Gasteiger partial charge in [-0.25, -0.2) is 0 Å². The van der Waals surface area contributed by atoms with Gasteiger partial charge in [-0.15, -0.1) is 12.3 Å². The van der Waals surface area contributed by atoms with Crippen LogP contribution >= 0.6 is 0 Å². The summed E-state index contributed by atoms with van der Waals surface area (Å²) in [5.74, 6) is 4.89. The maximum absolute atomic E-state index is 5.75. The van der Waals surface area contributed by atoms with E-state index in [1.54, 1.807) is 0 Å². The summed E-state index contributed by atoms with van der Waals surface area (Å²) in [6.07, 6.45) is 10.7. The highest BCUT2D eigenvalue weighted by Gasteiger charge is 2.40. The number of terminal acetylenes is 1. The lowest BCUT2D eigenvalue weighted by Crippen LogP contribution is -2.39. The SMILES string of the molecule is C#CC(CC)C(C)(C(C)C)C(CC)CCC. The van der Waals surface area contributed by atoms with E-state index in [0.29, 0.717) is 17.3 Å². The second-order valence-corrected chi connectivity index (χ2v) is 5.54. The molecule has 0 bridgehead atoms. The van der Waals surface area contributed by atoms with Gasteiger partial charge in [0.1, 0.15) is 0 Å². The molecule has 0 radical (unpaired) electrons. The first-order valence-electron chi connectivity index (χ1n) is 6.94. The fraction of sp³-hybridized carbons (Fsp3) is 0.875. The summed E-state index contributed by atoms with van der Waals surface area (Å²) in [6.45, 7) is 13.9. The molecule has 16 heavy (non-hydrogen) atoms. The maximum atomic E-state index is 5.75. The van der Waals surface area contributed by atoms with Gasteiger partial charge in [-0.3, -0.25) is 0 Å². The third-order valence-electron chi connectivity index (χ3n) is 4.61. The van der Waals surface area contributed by atoms with Gasteiger partial charge in [0.05, 0.1) is 0 Å². The van der Waals surface area contributed by atoms with Gasteiger partial charge in [0, 0.05) is 5.92 Å². The number of hydrogen-bond acceptors (Lipinski definition) is 0. The van der Waals surface area contributed by atoms with Crippen molar-refractivity contribution in [2.45, 2.75) is 67.2 Å². The third kappa shape index (κ3) is 3.03. The molecule has 0 nitrogen and oxygen atoms in total. The van der Waals surface area contributed by atoms with E-state index in [1.807, 2.05) is 0 Å². The van der Waals surface area contributed by atoms with Crippen molar-refractivity contribution >= 4 is 0 Å². The number of hydrogen-bond donors (Lipinski definition) is 0. The highest BCUT2D eigenvalue weighted by Crippen LogP contribution is 2.47. The minimum absolute atomic E-state index is 0.300. The Balaban J connectivity index is 5.14. The highest BCUT2D eigenvalue weighted by atomic mass is 14.4. The summed E-state index contributed by atoms with van der Waals surface area (Å²) >= 11 is 0. The van der Waals surface area contributed by atoms with Gasteiger partial charge < -0.3 is 0 Å². The average molecular weight is 222 g/mol. The van der Waals surface area contributed by atoms with Crippen LogP contribution in [-0.2, 0) is 0 Å². The van der Waals surface area contributed by atoms with E-state index in [9.17, 15) is 0 Å². The number of rotatable bonds is 7. The Bertz CT molecular complexity index is 221. The van der Waals surface area contributed by atoms with Gasteiger partial charge in [0.25, 0.3) is 0 Å². The first kappa shape index (κ1) is 15.6. The van der Waals surface area contributed by atoms with Crippen LogP contribution in [-0.4, -0.2) is 0 Å². The molecule has 0 amide bonds. The molecule has 0 saturated heterocycles. The molecular weight excluding hydrogens is 192 g/mol. The van der Waals surface area contributed by atoms with Crippen LogP contribution in [0.1, 0.15) is 67.2 Å². The molecule has 0 rings (SSSR count). The van der Waals surface area contributed by atoms with Crippen molar-refractivity contribution in [2.24, 2.45) is 23.2 Å². The van der Waals surface area contributed by atoms with Crippen molar-refractivity contribution < 1.29 is 0 Å². The lowest BCUT2D eigenvalue weighted by molar-refractivity contribution is 0.0517. The summed E-state index contributed by atoms with van der Waals surface area (Å²) < 4.78 is 0. The molecule has 0 saturated carbocycles. The minimum atomic E-state index is 0.300. The van der Waals surface area contributed by atoms with E-state index in [0.717, 1.165) is 12.3 Å². The zero-order valence-corrected chi connectivity index (χ0v) is 12.1. The maximum Gasteiger partial charge on any atom is 0.0256 e. The smallest absolute Gasteiger partial charge is 0.0256 e. The Morgan fingerprint density at radius 1 is 1.12 bits per heavy atom. The molecule has 0 aromatic heterocycles. The van der Waals surface area contributed by atoms with Crippen LogP contribution in [0.5, 0.6) is 0 Å². The Hall–Kier alpha value is -0.440. The van der Waals surface area contributed by atoms with E-state index >= 15 is 0 Å². The molecule has 3 atom stereocenters. The predicted molar refractivity (Wildman–Crippen MR) is 74.2 cm³/mol. The zero-order valence-electron chi connectivity index (χ0n) is 12.1. The Labute approximate surface area is 103 Å². The van der Waals surface area contributed by atoms with E-state index in [4.69, 9.17) is 6.42 Å². The van der Waals surface area contributed by atoms with Crippen LogP contribution < -0.4 is 0 Å². The van der Waals surface area contributed by atoms with Gasteiger partial charge in [-0.05, 0) is 23.7 Å². The van der Waals surface area contributed by atoms with E-state index in [2.05, 4.69) is 47.5 Å². The molecule has 0 heterocycles. The monoisotopic (exact) mass is 222 g/mol. The lowest BCUT2D eigenvalue weighted by atomic mass is 9.59. The third-order valence-corrected chi connectivity index (χ3v) is 4.61. The summed E-state index contributed by atoms with van der Waals surface area (Å²) in [5.41, 5.74) is 0.300. The summed E-state index contributed by atoms with van der Waals surface area (Å²) in [5, 5.41) is 0. The molecule has 0 aliphatic carbocycles. The van der Waals surface area contributed by atoms with Crippen LogP contribution in [0.25, 0.3) is 0 Å². The highest BCUT2D eigenvalue weighted by molar-refractivity contribution is 5.04. The zero-order chi connectivity index (χ0) is 12.8. The van der Waals surface area contributed by atoms with E-state index < -0.39 is 0 Å². The van der Waals surface area contributed by atoms with Gasteiger partial charge >= 0.3 is 0 Å². The predicted octanol–water partition coefficient (Wildman–Crippen LogP) is 5.13. The van der Waals surface area contributed by atoms with Gasteiger partial charge in [0.2, 0.25) is 0 Å². The van der Waals surface area contributed by atoms with Crippen molar-refractivity contribution in [3.63, 3.8) is 0 Å². The van der Waals surface area contributed by atoms with Gasteiger partial charge in [-0.2, -0.15) is 0 Å². The molecule has 0 spiro atoms. The van der Waals surface area contributed by atoms with Crippen LogP contribution in [0, 0.1) is 35.5 Å². The Kier molecular flexibility index (Phi) is 6.81. The molecule has 0 N–H and O–H groups in total. The Morgan fingerprint density at radius 2 is 1.69 bits per heavy atom. The quantitative estimate of drug-likeness (QED) is 0.524. The second kappa shape index (κ2) is 7.00. The largest absolute Gasteiger partial charge is 0.120 e. The van der Waals surface area contributed by atoms with E-state index in [-0.39, 0.29) is 0 Å². The van der Waals surface area contributed by atoms with Crippen molar-refractivity contribution in [1.29, 1.82) is 0 Å². The van der Waals surface area contributed by atoms with Gasteiger partial charge in [-0.1, -0.05) is 60.8 Å². The fourth-order valence-corrected chi connectivity index (χ4v) is 3.20. The summed E-state index contributed by atoms with van der Waals surface area (Å²) in [7, 11) is 0. The first-order valence-corrected chi connectivity index (χ1v) is 6.94. The Morgan fingerprint density at radius 3 is 1.94 bits per heavy atom. The van der Waals surface area contributed by atoms with Crippen molar-refractivity contribution in [1.82, 2.24) is 0 Å². The fourth-order valence-electron chi connectivity index (χ4n) is 3.20. The molecular formula is C16H30. The molecule has 0 aliphatic heterocycles. The van der Waals surface area contributed by atoms with Crippen LogP contribution in [0.2, 0.25) is 0 Å². The van der Waals surface area contributed by atoms with Crippen molar-refractivity contribution in [3.8, 4) is 12.3 Å². The molecule has 0 fully saturated rings. The molecule has 0 aromatic rings. The second-order valence-electron chi connectivity index (χ2n) is 5.54. The lowest BCUT2D eigenvalue weighted by Gasteiger charge is -2.45. The first-order chi connectivity index (χ1) is 7.48. The molecule has 0 aromatic carbocycles. The summed E-state index contributed by atoms with van der Waals surface area (Å²) in [6, 6.07) is 0. The van der Waals surface area contributed by atoms with Crippen LogP contribution in [0.15, 0.2) is 0 Å². The van der Waals surface area contributed by atoms with Crippen molar-refractivity contribution in [3.05, 3.63) is 0 Å². The molecule has 3 unspecified atom stereocenters. The molecule has 94 valence electrons. The van der Waals surface area contributed by atoms with Crippen LogP contribution in [0.3, 0.4) is 0 Å². The summed E-state index contributed by atoms with van der Waals surface area (Å²) in [4.78, 5) is 0. The molecule has 0 aliphatic rings. The van der Waals surface area contributed by atoms with Gasteiger partial charge in [0.15, 0.2) is 0 Å². The minimum Gasteiger partial charge on any atom is -0.120 e. The normalized spacial score (nSPS) is 18.9. The molecule has 0 heteroatoms.